The standard InChI is InChI=1S/C9H10O2/c10-7-3-1-5-9(7)6-2-4-8(9)11/h1,3H,2,4-6H2. The topological polar surface area (TPSA) is 34.1 Å². The molecule has 0 radical (unpaired) electrons. The Morgan fingerprint density at radius 3 is 2.64 bits per heavy atom. The highest BCUT2D eigenvalue weighted by Gasteiger charge is 2.48. The summed E-state index contributed by atoms with van der Waals surface area (Å²) in [6.07, 6.45) is 6.32. The molecule has 1 atom stereocenters. The number of rotatable bonds is 0. The van der Waals surface area contributed by atoms with Crippen molar-refractivity contribution in [3.05, 3.63) is 12.2 Å². The zero-order valence-electron chi connectivity index (χ0n) is 6.30. The molecule has 1 fully saturated rings. The SMILES string of the molecule is O=C1C=CCC12CCCC2=O. The minimum absolute atomic E-state index is 0.0417. The van der Waals surface area contributed by atoms with Crippen molar-refractivity contribution >= 4 is 11.6 Å². The highest BCUT2D eigenvalue weighted by molar-refractivity contribution is 6.14. The fourth-order valence-corrected chi connectivity index (χ4v) is 2.03. The molecule has 0 aromatic heterocycles. The van der Waals surface area contributed by atoms with Crippen molar-refractivity contribution in [1.29, 1.82) is 0 Å². The first-order valence-electron chi connectivity index (χ1n) is 4.00. The van der Waals surface area contributed by atoms with Gasteiger partial charge in [0.15, 0.2) is 5.78 Å². The number of ketones is 2. The molecule has 58 valence electrons. The molecule has 1 saturated carbocycles. The van der Waals surface area contributed by atoms with Crippen LogP contribution in [-0.2, 0) is 9.59 Å². The summed E-state index contributed by atoms with van der Waals surface area (Å²) in [6.45, 7) is 0. The molecule has 2 heteroatoms. The van der Waals surface area contributed by atoms with Gasteiger partial charge >= 0.3 is 0 Å². The lowest BCUT2D eigenvalue weighted by molar-refractivity contribution is -0.134. The van der Waals surface area contributed by atoms with Crippen LogP contribution in [0, 0.1) is 5.41 Å². The van der Waals surface area contributed by atoms with E-state index in [2.05, 4.69) is 0 Å². The molecule has 0 amide bonds. The van der Waals surface area contributed by atoms with Crippen molar-refractivity contribution in [2.75, 3.05) is 0 Å². The van der Waals surface area contributed by atoms with Gasteiger partial charge in [-0.15, -0.1) is 0 Å². The molecular weight excluding hydrogens is 140 g/mol. The molecule has 0 aromatic rings. The Hall–Kier alpha value is -0.920. The van der Waals surface area contributed by atoms with Gasteiger partial charge in [-0.1, -0.05) is 6.08 Å². The monoisotopic (exact) mass is 150 g/mol. The minimum atomic E-state index is -0.583. The summed E-state index contributed by atoms with van der Waals surface area (Å²) >= 11 is 0. The lowest BCUT2D eigenvalue weighted by atomic mass is 9.82. The summed E-state index contributed by atoms with van der Waals surface area (Å²) in [5, 5.41) is 0. The van der Waals surface area contributed by atoms with Crippen molar-refractivity contribution in [1.82, 2.24) is 0 Å². The molecule has 1 unspecified atom stereocenters. The van der Waals surface area contributed by atoms with Crippen LogP contribution in [0.5, 0.6) is 0 Å². The van der Waals surface area contributed by atoms with Crippen LogP contribution in [0.1, 0.15) is 25.7 Å². The van der Waals surface area contributed by atoms with Crippen molar-refractivity contribution in [3.63, 3.8) is 0 Å². The number of hydrogen-bond acceptors (Lipinski definition) is 2. The fraction of sp³-hybridized carbons (Fsp3) is 0.556. The molecule has 0 heterocycles. The molecule has 2 nitrogen and oxygen atoms in total. The zero-order chi connectivity index (χ0) is 7.90. The summed E-state index contributed by atoms with van der Waals surface area (Å²) in [6, 6.07) is 0. The Morgan fingerprint density at radius 1 is 1.36 bits per heavy atom. The second-order valence-electron chi connectivity index (χ2n) is 3.33. The first kappa shape index (κ1) is 6.77. The van der Waals surface area contributed by atoms with Crippen molar-refractivity contribution in [3.8, 4) is 0 Å². The maximum Gasteiger partial charge on any atom is 0.169 e. The van der Waals surface area contributed by atoms with Crippen LogP contribution >= 0.6 is 0 Å². The first-order chi connectivity index (χ1) is 5.26. The van der Waals surface area contributed by atoms with Crippen LogP contribution in [0.15, 0.2) is 12.2 Å². The van der Waals surface area contributed by atoms with E-state index in [4.69, 9.17) is 0 Å². The third-order valence-corrected chi connectivity index (χ3v) is 2.75. The van der Waals surface area contributed by atoms with E-state index in [1.54, 1.807) is 6.08 Å². The van der Waals surface area contributed by atoms with Crippen molar-refractivity contribution in [2.24, 2.45) is 5.41 Å². The fourth-order valence-electron chi connectivity index (χ4n) is 2.03. The van der Waals surface area contributed by atoms with E-state index in [9.17, 15) is 9.59 Å². The van der Waals surface area contributed by atoms with E-state index < -0.39 is 5.41 Å². The second kappa shape index (κ2) is 2.03. The Bertz CT molecular complexity index is 252. The third-order valence-electron chi connectivity index (χ3n) is 2.75. The van der Waals surface area contributed by atoms with Gasteiger partial charge in [0.1, 0.15) is 5.78 Å². The van der Waals surface area contributed by atoms with E-state index in [1.165, 1.54) is 0 Å². The highest BCUT2D eigenvalue weighted by atomic mass is 16.2. The maximum atomic E-state index is 11.3. The van der Waals surface area contributed by atoms with Crippen LogP contribution < -0.4 is 0 Å². The van der Waals surface area contributed by atoms with Crippen LogP contribution in [0.2, 0.25) is 0 Å². The van der Waals surface area contributed by atoms with Gasteiger partial charge < -0.3 is 0 Å². The predicted molar refractivity (Wildman–Crippen MR) is 40.1 cm³/mol. The number of Topliss-reactive ketones (excluding diaryl/α,β-unsaturated/α-hetero) is 1. The van der Waals surface area contributed by atoms with E-state index in [0.29, 0.717) is 12.8 Å². The average molecular weight is 150 g/mol. The average Bonchev–Trinajstić information content (AvgIpc) is 2.48. The first-order valence-corrected chi connectivity index (χ1v) is 4.00. The van der Waals surface area contributed by atoms with Gasteiger partial charge in [0, 0.05) is 6.42 Å². The van der Waals surface area contributed by atoms with Crippen LogP contribution in [0.3, 0.4) is 0 Å². The van der Waals surface area contributed by atoms with Crippen molar-refractivity contribution < 1.29 is 9.59 Å². The largest absolute Gasteiger partial charge is 0.299 e. The number of allylic oxidation sites excluding steroid dienone is 2. The molecule has 0 saturated heterocycles. The lowest BCUT2D eigenvalue weighted by Gasteiger charge is -2.17. The maximum absolute atomic E-state index is 11.3. The van der Waals surface area contributed by atoms with E-state index in [1.807, 2.05) is 6.08 Å². The van der Waals surface area contributed by atoms with Gasteiger partial charge in [0.25, 0.3) is 0 Å². The van der Waals surface area contributed by atoms with E-state index >= 15 is 0 Å². The van der Waals surface area contributed by atoms with Gasteiger partial charge in [-0.2, -0.15) is 0 Å². The Balaban J connectivity index is 2.36. The summed E-state index contributed by atoms with van der Waals surface area (Å²) in [7, 11) is 0. The second-order valence-corrected chi connectivity index (χ2v) is 3.33. The molecule has 2 rings (SSSR count). The van der Waals surface area contributed by atoms with Gasteiger partial charge in [0.05, 0.1) is 5.41 Å². The molecule has 0 aliphatic heterocycles. The summed E-state index contributed by atoms with van der Waals surface area (Å²) in [4.78, 5) is 22.6. The van der Waals surface area contributed by atoms with Crippen LogP contribution in [-0.4, -0.2) is 11.6 Å². The smallest absolute Gasteiger partial charge is 0.169 e. The molecule has 2 aliphatic carbocycles. The quantitative estimate of drug-likeness (QED) is 0.487. The molecule has 0 aromatic carbocycles. The normalized spacial score (nSPS) is 36.0. The van der Waals surface area contributed by atoms with Gasteiger partial charge in [-0.25, -0.2) is 0 Å². The molecule has 2 aliphatic rings. The molecule has 0 N–H and O–H groups in total. The third kappa shape index (κ3) is 0.724. The number of hydrogen-bond donors (Lipinski definition) is 0. The Labute approximate surface area is 65.3 Å². The highest BCUT2D eigenvalue weighted by Crippen LogP contribution is 2.42. The molecule has 0 bridgehead atoms. The molecule has 1 spiro atoms. The Kier molecular flexibility index (Phi) is 1.25. The predicted octanol–water partition coefficient (Wildman–Crippen LogP) is 1.25. The molecular formula is C9H10O2. The Morgan fingerprint density at radius 2 is 2.18 bits per heavy atom. The summed E-state index contributed by atoms with van der Waals surface area (Å²) < 4.78 is 0. The summed E-state index contributed by atoms with van der Waals surface area (Å²) in [5.41, 5.74) is -0.583. The minimum Gasteiger partial charge on any atom is -0.299 e. The number of carbonyl (C=O) groups excluding carboxylic acids is 2. The lowest BCUT2D eigenvalue weighted by Crippen LogP contribution is -2.30. The van der Waals surface area contributed by atoms with Gasteiger partial charge in [-0.3, -0.25) is 9.59 Å². The van der Waals surface area contributed by atoms with Crippen LogP contribution in [0.4, 0.5) is 0 Å². The van der Waals surface area contributed by atoms with Gasteiger partial charge in [0.2, 0.25) is 0 Å². The number of carbonyl (C=O) groups is 2. The molecule has 11 heavy (non-hydrogen) atoms. The van der Waals surface area contributed by atoms with Gasteiger partial charge in [-0.05, 0) is 25.3 Å². The van der Waals surface area contributed by atoms with Crippen LogP contribution in [0.25, 0.3) is 0 Å². The van der Waals surface area contributed by atoms with Crippen molar-refractivity contribution in [2.45, 2.75) is 25.7 Å². The zero-order valence-corrected chi connectivity index (χ0v) is 6.30. The van der Waals surface area contributed by atoms with E-state index in [0.717, 1.165) is 12.8 Å². The van der Waals surface area contributed by atoms with E-state index in [-0.39, 0.29) is 11.6 Å². The summed E-state index contributed by atoms with van der Waals surface area (Å²) in [5.74, 6) is 0.201.